The SMILES string of the molecule is O=[N+]([O-])c1ccc2cnn(Cc3cc(-c4ccccc4)on3)c2c1. The zero-order chi connectivity index (χ0) is 16.5. The molecule has 0 aliphatic carbocycles. The molecule has 0 bridgehead atoms. The van der Waals surface area contributed by atoms with Crippen LogP contribution in [0.4, 0.5) is 5.69 Å². The fourth-order valence-electron chi connectivity index (χ4n) is 2.58. The van der Waals surface area contributed by atoms with Crippen LogP contribution in [0.2, 0.25) is 0 Å². The summed E-state index contributed by atoms with van der Waals surface area (Å²) in [6.45, 7) is 0.376. The van der Waals surface area contributed by atoms with E-state index in [2.05, 4.69) is 10.3 Å². The van der Waals surface area contributed by atoms with E-state index in [0.717, 1.165) is 10.9 Å². The van der Waals surface area contributed by atoms with Crippen molar-refractivity contribution in [1.82, 2.24) is 14.9 Å². The fraction of sp³-hybridized carbons (Fsp3) is 0.0588. The van der Waals surface area contributed by atoms with Gasteiger partial charge in [0.05, 0.1) is 23.2 Å². The molecule has 0 aliphatic rings. The third-order valence-corrected chi connectivity index (χ3v) is 3.77. The standard InChI is InChI=1S/C17H12N4O3/c22-21(23)15-7-6-13-10-18-20(16(13)9-15)11-14-8-17(24-19-14)12-4-2-1-3-5-12/h1-10H,11H2. The third kappa shape index (κ3) is 2.52. The molecule has 0 radical (unpaired) electrons. The molecule has 4 rings (SSSR count). The highest BCUT2D eigenvalue weighted by Crippen LogP contribution is 2.23. The van der Waals surface area contributed by atoms with Gasteiger partial charge in [-0.25, -0.2) is 0 Å². The van der Waals surface area contributed by atoms with Gasteiger partial charge in [-0.2, -0.15) is 5.10 Å². The van der Waals surface area contributed by atoms with Gasteiger partial charge in [-0.3, -0.25) is 14.8 Å². The maximum Gasteiger partial charge on any atom is 0.271 e. The van der Waals surface area contributed by atoms with Crippen LogP contribution in [0, 0.1) is 10.1 Å². The van der Waals surface area contributed by atoms with Crippen molar-refractivity contribution in [1.29, 1.82) is 0 Å². The summed E-state index contributed by atoms with van der Waals surface area (Å²) in [7, 11) is 0. The summed E-state index contributed by atoms with van der Waals surface area (Å²) in [5.74, 6) is 0.674. The Labute approximate surface area is 136 Å². The molecule has 118 valence electrons. The lowest BCUT2D eigenvalue weighted by molar-refractivity contribution is -0.384. The Morgan fingerprint density at radius 1 is 1.12 bits per heavy atom. The molecule has 2 heterocycles. The Hall–Kier alpha value is -3.48. The van der Waals surface area contributed by atoms with E-state index in [1.165, 1.54) is 12.1 Å². The lowest BCUT2D eigenvalue weighted by atomic mass is 10.1. The minimum atomic E-state index is -0.416. The lowest BCUT2D eigenvalue weighted by Crippen LogP contribution is -2.01. The minimum absolute atomic E-state index is 0.0365. The average molecular weight is 320 g/mol. The van der Waals surface area contributed by atoms with Crippen LogP contribution in [-0.2, 0) is 6.54 Å². The molecule has 0 aliphatic heterocycles. The second-order valence-electron chi connectivity index (χ2n) is 5.35. The number of nitrogens with zero attached hydrogens (tertiary/aromatic N) is 4. The average Bonchev–Trinajstić information content (AvgIpc) is 3.23. The summed E-state index contributed by atoms with van der Waals surface area (Å²) in [6, 6.07) is 16.2. The van der Waals surface area contributed by atoms with Crippen LogP contribution < -0.4 is 0 Å². The van der Waals surface area contributed by atoms with Crippen molar-refractivity contribution >= 4 is 16.6 Å². The number of rotatable bonds is 4. The summed E-state index contributed by atoms with van der Waals surface area (Å²) in [5.41, 5.74) is 2.37. The molecular formula is C17H12N4O3. The summed E-state index contributed by atoms with van der Waals surface area (Å²) in [6.07, 6.45) is 1.68. The van der Waals surface area contributed by atoms with Crippen molar-refractivity contribution in [3.8, 4) is 11.3 Å². The van der Waals surface area contributed by atoms with Crippen LogP contribution in [0.15, 0.2) is 65.3 Å². The number of nitro benzene ring substituents is 1. The topological polar surface area (TPSA) is 87.0 Å². The van der Waals surface area contributed by atoms with Gasteiger partial charge in [0.1, 0.15) is 5.69 Å². The summed E-state index contributed by atoms with van der Waals surface area (Å²) in [5, 5.41) is 20.1. The Kier molecular flexibility index (Phi) is 3.31. The largest absolute Gasteiger partial charge is 0.356 e. The molecule has 4 aromatic rings. The molecule has 7 heteroatoms. The Balaban J connectivity index is 1.66. The van der Waals surface area contributed by atoms with Crippen LogP contribution in [0.5, 0.6) is 0 Å². The van der Waals surface area contributed by atoms with Crippen LogP contribution in [0.25, 0.3) is 22.2 Å². The second-order valence-corrected chi connectivity index (χ2v) is 5.35. The van der Waals surface area contributed by atoms with Crippen LogP contribution in [0.3, 0.4) is 0 Å². The van der Waals surface area contributed by atoms with Gasteiger partial charge in [0.2, 0.25) is 0 Å². The zero-order valence-electron chi connectivity index (χ0n) is 12.5. The minimum Gasteiger partial charge on any atom is -0.356 e. The number of hydrogen-bond acceptors (Lipinski definition) is 5. The van der Waals surface area contributed by atoms with Crippen molar-refractivity contribution in [3.63, 3.8) is 0 Å². The Morgan fingerprint density at radius 2 is 1.96 bits per heavy atom. The smallest absolute Gasteiger partial charge is 0.271 e. The van der Waals surface area contributed by atoms with Gasteiger partial charge in [-0.05, 0) is 6.07 Å². The molecule has 0 amide bonds. The first-order valence-electron chi connectivity index (χ1n) is 7.32. The highest BCUT2D eigenvalue weighted by molar-refractivity contribution is 5.81. The zero-order valence-corrected chi connectivity index (χ0v) is 12.5. The number of benzene rings is 2. The van der Waals surface area contributed by atoms with Crippen LogP contribution in [-0.4, -0.2) is 19.9 Å². The molecule has 0 spiro atoms. The van der Waals surface area contributed by atoms with E-state index in [-0.39, 0.29) is 5.69 Å². The van der Waals surface area contributed by atoms with Crippen molar-refractivity contribution in [3.05, 3.63) is 76.6 Å². The molecule has 0 unspecified atom stereocenters. The fourth-order valence-corrected chi connectivity index (χ4v) is 2.58. The first-order chi connectivity index (χ1) is 11.7. The lowest BCUT2D eigenvalue weighted by Gasteiger charge is -2.00. The number of hydrogen-bond donors (Lipinski definition) is 0. The predicted octanol–water partition coefficient (Wildman–Crippen LogP) is 3.65. The molecule has 0 saturated heterocycles. The van der Waals surface area contributed by atoms with Gasteiger partial charge < -0.3 is 4.52 Å². The first-order valence-corrected chi connectivity index (χ1v) is 7.32. The van der Waals surface area contributed by atoms with E-state index >= 15 is 0 Å². The predicted molar refractivity (Wildman–Crippen MR) is 87.4 cm³/mol. The number of fused-ring (bicyclic) bond motifs is 1. The molecule has 0 fully saturated rings. The molecule has 2 aromatic carbocycles. The molecule has 0 atom stereocenters. The molecule has 24 heavy (non-hydrogen) atoms. The van der Waals surface area contributed by atoms with E-state index < -0.39 is 4.92 Å². The van der Waals surface area contributed by atoms with E-state index in [9.17, 15) is 10.1 Å². The van der Waals surface area contributed by atoms with Gasteiger partial charge >= 0.3 is 0 Å². The van der Waals surface area contributed by atoms with E-state index in [1.54, 1.807) is 16.9 Å². The van der Waals surface area contributed by atoms with Crippen molar-refractivity contribution in [2.75, 3.05) is 0 Å². The van der Waals surface area contributed by atoms with Crippen molar-refractivity contribution < 1.29 is 9.45 Å². The Bertz CT molecular complexity index is 1020. The normalized spacial score (nSPS) is 11.0. The summed E-state index contributed by atoms with van der Waals surface area (Å²) in [4.78, 5) is 10.5. The highest BCUT2D eigenvalue weighted by atomic mass is 16.6. The third-order valence-electron chi connectivity index (χ3n) is 3.77. The Morgan fingerprint density at radius 3 is 2.75 bits per heavy atom. The molecular weight excluding hydrogens is 308 g/mol. The van der Waals surface area contributed by atoms with Gasteiger partial charge in [0, 0.05) is 29.1 Å². The van der Waals surface area contributed by atoms with Crippen molar-refractivity contribution in [2.45, 2.75) is 6.54 Å². The molecule has 0 N–H and O–H groups in total. The molecule has 7 nitrogen and oxygen atoms in total. The monoisotopic (exact) mass is 320 g/mol. The van der Waals surface area contributed by atoms with Gasteiger partial charge in [-0.15, -0.1) is 0 Å². The van der Waals surface area contributed by atoms with Crippen LogP contribution >= 0.6 is 0 Å². The summed E-state index contributed by atoms with van der Waals surface area (Å²) < 4.78 is 7.05. The van der Waals surface area contributed by atoms with E-state index in [0.29, 0.717) is 23.5 Å². The van der Waals surface area contributed by atoms with Crippen LogP contribution in [0.1, 0.15) is 5.69 Å². The first kappa shape index (κ1) is 14.1. The van der Waals surface area contributed by atoms with E-state index in [4.69, 9.17) is 4.52 Å². The number of non-ortho nitro benzene ring substituents is 1. The maximum atomic E-state index is 10.9. The maximum absolute atomic E-state index is 10.9. The molecule has 2 aromatic heterocycles. The van der Waals surface area contributed by atoms with E-state index in [1.807, 2.05) is 36.4 Å². The van der Waals surface area contributed by atoms with Gasteiger partial charge in [-0.1, -0.05) is 35.5 Å². The second kappa shape index (κ2) is 5.62. The summed E-state index contributed by atoms with van der Waals surface area (Å²) >= 11 is 0. The van der Waals surface area contributed by atoms with Gasteiger partial charge in [0.25, 0.3) is 5.69 Å². The number of nitro groups is 1. The number of aromatic nitrogens is 3. The highest BCUT2D eigenvalue weighted by Gasteiger charge is 2.12. The van der Waals surface area contributed by atoms with Crippen molar-refractivity contribution in [2.24, 2.45) is 0 Å². The quantitative estimate of drug-likeness (QED) is 0.423. The molecule has 0 saturated carbocycles. The van der Waals surface area contributed by atoms with Gasteiger partial charge in [0.15, 0.2) is 5.76 Å².